The summed E-state index contributed by atoms with van der Waals surface area (Å²) in [5.74, 6) is 0.744. The molecule has 0 radical (unpaired) electrons. The highest BCUT2D eigenvalue weighted by molar-refractivity contribution is 4.85. The molecule has 0 spiro atoms. The van der Waals surface area contributed by atoms with E-state index in [1.807, 2.05) is 0 Å². The molecular formula is C18H39N3. The van der Waals surface area contributed by atoms with Crippen molar-refractivity contribution in [3.63, 3.8) is 0 Å². The monoisotopic (exact) mass is 297 g/mol. The van der Waals surface area contributed by atoms with Crippen molar-refractivity contribution in [2.75, 3.05) is 52.4 Å². The number of nitrogens with zero attached hydrogens (tertiary/aromatic N) is 2. The molecule has 3 heteroatoms. The highest BCUT2D eigenvalue weighted by Crippen LogP contribution is 2.27. The molecule has 1 rings (SSSR count). The van der Waals surface area contributed by atoms with E-state index >= 15 is 0 Å². The summed E-state index contributed by atoms with van der Waals surface area (Å²) in [6, 6.07) is 0. The number of nitrogens with one attached hydrogen (secondary N) is 1. The standard InChI is InChI=1S/C18H39N3/c1-6-9-20-10-12-21(13-11-20)16-18(7-2,8-3)15-19-14-17(4)5/h17,19H,6-16H2,1-5H3. The zero-order chi connectivity index (χ0) is 15.7. The van der Waals surface area contributed by atoms with Crippen LogP contribution in [0, 0.1) is 11.3 Å². The third-order valence-electron chi connectivity index (χ3n) is 5.12. The largest absolute Gasteiger partial charge is 0.316 e. The maximum atomic E-state index is 3.71. The highest BCUT2D eigenvalue weighted by Gasteiger charge is 2.29. The van der Waals surface area contributed by atoms with Crippen molar-refractivity contribution >= 4 is 0 Å². The molecule has 0 saturated carbocycles. The van der Waals surface area contributed by atoms with Crippen LogP contribution in [0.4, 0.5) is 0 Å². The predicted molar refractivity (Wildman–Crippen MR) is 93.9 cm³/mol. The molecule has 21 heavy (non-hydrogen) atoms. The number of hydrogen-bond donors (Lipinski definition) is 1. The second kappa shape index (κ2) is 9.81. The van der Waals surface area contributed by atoms with Crippen LogP contribution in [0.1, 0.15) is 53.9 Å². The first-order valence-electron chi connectivity index (χ1n) is 9.20. The Bertz CT molecular complexity index is 253. The highest BCUT2D eigenvalue weighted by atomic mass is 15.3. The van der Waals surface area contributed by atoms with E-state index in [1.165, 1.54) is 65.1 Å². The molecule has 1 fully saturated rings. The lowest BCUT2D eigenvalue weighted by atomic mass is 9.81. The second-order valence-electron chi connectivity index (χ2n) is 7.35. The maximum absolute atomic E-state index is 3.71. The van der Waals surface area contributed by atoms with Crippen molar-refractivity contribution in [3.8, 4) is 0 Å². The first-order chi connectivity index (χ1) is 10.0. The summed E-state index contributed by atoms with van der Waals surface area (Å²) < 4.78 is 0. The molecule has 1 aliphatic rings. The fourth-order valence-corrected chi connectivity index (χ4v) is 3.37. The van der Waals surface area contributed by atoms with Crippen molar-refractivity contribution < 1.29 is 0 Å². The van der Waals surface area contributed by atoms with Gasteiger partial charge in [0.2, 0.25) is 0 Å². The molecule has 0 unspecified atom stereocenters. The summed E-state index contributed by atoms with van der Waals surface area (Å²) in [4.78, 5) is 5.32. The summed E-state index contributed by atoms with van der Waals surface area (Å²) in [6.45, 7) is 21.5. The summed E-state index contributed by atoms with van der Waals surface area (Å²) in [6.07, 6.45) is 3.85. The molecule has 1 saturated heterocycles. The van der Waals surface area contributed by atoms with E-state index in [2.05, 4.69) is 49.7 Å². The Labute approximate surface area is 133 Å². The average Bonchev–Trinajstić information content (AvgIpc) is 2.48. The summed E-state index contributed by atoms with van der Waals surface area (Å²) in [5, 5.41) is 3.71. The smallest absolute Gasteiger partial charge is 0.0110 e. The molecule has 0 aromatic carbocycles. The fourth-order valence-electron chi connectivity index (χ4n) is 3.37. The van der Waals surface area contributed by atoms with E-state index in [0.29, 0.717) is 5.41 Å². The Morgan fingerprint density at radius 1 is 0.952 bits per heavy atom. The van der Waals surface area contributed by atoms with Gasteiger partial charge in [0.25, 0.3) is 0 Å². The van der Waals surface area contributed by atoms with Gasteiger partial charge in [-0.1, -0.05) is 34.6 Å². The topological polar surface area (TPSA) is 18.5 Å². The molecule has 1 aliphatic heterocycles. The number of piperazine rings is 1. The van der Waals surface area contributed by atoms with Crippen LogP contribution in [0.15, 0.2) is 0 Å². The predicted octanol–water partition coefficient (Wildman–Crippen LogP) is 3.07. The van der Waals surface area contributed by atoms with E-state index in [-0.39, 0.29) is 0 Å². The van der Waals surface area contributed by atoms with Crippen molar-refractivity contribution in [3.05, 3.63) is 0 Å². The third kappa shape index (κ3) is 6.66. The second-order valence-corrected chi connectivity index (χ2v) is 7.35. The van der Waals surface area contributed by atoms with Gasteiger partial charge in [-0.05, 0) is 43.7 Å². The molecule has 0 aliphatic carbocycles. The van der Waals surface area contributed by atoms with Crippen LogP contribution in [-0.2, 0) is 0 Å². The van der Waals surface area contributed by atoms with Gasteiger partial charge in [0.05, 0.1) is 0 Å². The molecule has 0 amide bonds. The van der Waals surface area contributed by atoms with Gasteiger partial charge in [-0.15, -0.1) is 0 Å². The Balaban J connectivity index is 2.43. The minimum atomic E-state index is 0.460. The van der Waals surface area contributed by atoms with E-state index in [4.69, 9.17) is 0 Å². The normalized spacial score (nSPS) is 18.6. The van der Waals surface area contributed by atoms with Crippen LogP contribution in [0.2, 0.25) is 0 Å². The lowest BCUT2D eigenvalue weighted by Crippen LogP contribution is -2.51. The van der Waals surface area contributed by atoms with Crippen LogP contribution >= 0.6 is 0 Å². The van der Waals surface area contributed by atoms with Gasteiger partial charge >= 0.3 is 0 Å². The van der Waals surface area contributed by atoms with Crippen LogP contribution < -0.4 is 5.32 Å². The van der Waals surface area contributed by atoms with Gasteiger partial charge in [0, 0.05) is 39.3 Å². The van der Waals surface area contributed by atoms with Crippen molar-refractivity contribution in [1.29, 1.82) is 0 Å². The zero-order valence-corrected chi connectivity index (χ0v) is 15.2. The molecule has 0 aromatic rings. The van der Waals surface area contributed by atoms with Crippen LogP contribution in [0.25, 0.3) is 0 Å². The first-order valence-corrected chi connectivity index (χ1v) is 9.20. The molecule has 1 N–H and O–H groups in total. The van der Waals surface area contributed by atoms with E-state index in [1.54, 1.807) is 0 Å². The Morgan fingerprint density at radius 2 is 1.52 bits per heavy atom. The minimum Gasteiger partial charge on any atom is -0.316 e. The molecular weight excluding hydrogens is 258 g/mol. The Hall–Kier alpha value is -0.120. The molecule has 1 heterocycles. The van der Waals surface area contributed by atoms with Gasteiger partial charge in [-0.2, -0.15) is 0 Å². The zero-order valence-electron chi connectivity index (χ0n) is 15.2. The lowest BCUT2D eigenvalue weighted by molar-refractivity contribution is 0.0780. The molecule has 3 nitrogen and oxygen atoms in total. The number of hydrogen-bond acceptors (Lipinski definition) is 3. The molecule has 0 bridgehead atoms. The average molecular weight is 298 g/mol. The minimum absolute atomic E-state index is 0.460. The summed E-state index contributed by atoms with van der Waals surface area (Å²) in [5.41, 5.74) is 0.460. The summed E-state index contributed by atoms with van der Waals surface area (Å²) in [7, 11) is 0. The van der Waals surface area contributed by atoms with Crippen LogP contribution in [0.5, 0.6) is 0 Å². The van der Waals surface area contributed by atoms with Gasteiger partial charge in [0.1, 0.15) is 0 Å². The third-order valence-corrected chi connectivity index (χ3v) is 5.12. The number of rotatable bonds is 10. The van der Waals surface area contributed by atoms with Gasteiger partial charge < -0.3 is 15.1 Å². The van der Waals surface area contributed by atoms with Gasteiger partial charge in [0.15, 0.2) is 0 Å². The van der Waals surface area contributed by atoms with Crippen molar-refractivity contribution in [2.45, 2.75) is 53.9 Å². The Kier molecular flexibility index (Phi) is 8.84. The van der Waals surface area contributed by atoms with E-state index < -0.39 is 0 Å². The lowest BCUT2D eigenvalue weighted by Gasteiger charge is -2.41. The first kappa shape index (κ1) is 18.9. The maximum Gasteiger partial charge on any atom is 0.0110 e. The molecule has 0 aromatic heterocycles. The fraction of sp³-hybridized carbons (Fsp3) is 1.00. The van der Waals surface area contributed by atoms with Gasteiger partial charge in [-0.3, -0.25) is 0 Å². The molecule has 0 atom stereocenters. The van der Waals surface area contributed by atoms with Crippen molar-refractivity contribution in [2.24, 2.45) is 11.3 Å². The van der Waals surface area contributed by atoms with E-state index in [9.17, 15) is 0 Å². The molecule has 126 valence electrons. The van der Waals surface area contributed by atoms with Gasteiger partial charge in [-0.25, -0.2) is 0 Å². The Morgan fingerprint density at radius 3 is 2.00 bits per heavy atom. The van der Waals surface area contributed by atoms with Crippen molar-refractivity contribution in [1.82, 2.24) is 15.1 Å². The van der Waals surface area contributed by atoms with Crippen LogP contribution in [-0.4, -0.2) is 62.2 Å². The van der Waals surface area contributed by atoms with Crippen LogP contribution in [0.3, 0.4) is 0 Å². The summed E-state index contributed by atoms with van der Waals surface area (Å²) >= 11 is 0. The quantitative estimate of drug-likeness (QED) is 0.668. The SMILES string of the molecule is CCCN1CCN(CC(CC)(CC)CNCC(C)C)CC1. The van der Waals surface area contributed by atoms with E-state index in [0.717, 1.165) is 12.5 Å².